The molecule has 0 radical (unpaired) electrons. The summed E-state index contributed by atoms with van der Waals surface area (Å²) in [7, 11) is 1.76. The minimum absolute atomic E-state index is 0.118. The highest BCUT2D eigenvalue weighted by atomic mass is 16.5. The molecule has 2 atom stereocenters. The Kier molecular flexibility index (Phi) is 11.4. The average Bonchev–Trinajstić information content (AvgIpc) is 3.01. The van der Waals surface area contributed by atoms with Gasteiger partial charge in [0.05, 0.1) is 44.3 Å². The fourth-order valence-electron chi connectivity index (χ4n) is 5.78. The first-order valence-electron chi connectivity index (χ1n) is 15.0. The van der Waals surface area contributed by atoms with Crippen molar-refractivity contribution in [2.75, 3.05) is 77.8 Å². The zero-order valence-corrected chi connectivity index (χ0v) is 24.0. The van der Waals surface area contributed by atoms with Crippen LogP contribution in [-0.2, 0) is 25.6 Å². The first kappa shape index (κ1) is 29.1. The number of anilines is 1. The monoisotopic (exact) mass is 554 g/mol. The lowest BCUT2D eigenvalue weighted by Crippen LogP contribution is -2.41. The number of benzene rings is 2. The van der Waals surface area contributed by atoms with Crippen LogP contribution in [-0.4, -0.2) is 85.1 Å². The molecule has 0 bridgehead atoms. The van der Waals surface area contributed by atoms with E-state index in [1.54, 1.807) is 7.11 Å². The van der Waals surface area contributed by atoms with Crippen LogP contribution in [0.15, 0.2) is 42.5 Å². The van der Waals surface area contributed by atoms with E-state index in [0.717, 1.165) is 109 Å². The molecule has 0 aromatic heterocycles. The Morgan fingerprint density at radius 3 is 2.65 bits per heavy atom. The Bertz CT molecular complexity index is 1010. The van der Waals surface area contributed by atoms with Crippen molar-refractivity contribution in [1.82, 2.24) is 5.32 Å². The predicted octanol–water partition coefficient (Wildman–Crippen LogP) is 4.55. The van der Waals surface area contributed by atoms with Gasteiger partial charge in [-0.15, -0.1) is 0 Å². The van der Waals surface area contributed by atoms with Crippen LogP contribution in [0.2, 0.25) is 0 Å². The molecule has 2 aromatic rings. The van der Waals surface area contributed by atoms with Gasteiger partial charge in [0.15, 0.2) is 0 Å². The van der Waals surface area contributed by atoms with Crippen LogP contribution in [0.3, 0.4) is 0 Å². The van der Waals surface area contributed by atoms with E-state index in [-0.39, 0.29) is 6.10 Å². The highest BCUT2D eigenvalue weighted by Crippen LogP contribution is 2.34. The van der Waals surface area contributed by atoms with Crippen LogP contribution in [0.4, 0.5) is 5.69 Å². The molecular formula is C32H46N2O6. The molecule has 3 heterocycles. The van der Waals surface area contributed by atoms with Gasteiger partial charge < -0.3 is 38.6 Å². The summed E-state index contributed by atoms with van der Waals surface area (Å²) in [5, 5.41) is 3.52. The molecule has 1 N–H and O–H groups in total. The molecule has 0 unspecified atom stereocenters. The second-order valence-corrected chi connectivity index (χ2v) is 10.9. The number of nitrogens with zero attached hydrogens (tertiary/aromatic N) is 1. The number of piperidine rings is 1. The van der Waals surface area contributed by atoms with Crippen LogP contribution < -0.4 is 19.7 Å². The van der Waals surface area contributed by atoms with E-state index in [9.17, 15) is 0 Å². The second kappa shape index (κ2) is 15.6. The second-order valence-electron chi connectivity index (χ2n) is 10.9. The SMILES string of the molecule is COCCCN1CCOc2ccc(CO[C@H]3CNCC[C@@H]3c3ccc(OCCCOC4CCOCC4)cc3)cc21. The Hall–Kier alpha value is -2.36. The summed E-state index contributed by atoms with van der Waals surface area (Å²) < 4.78 is 35.0. The van der Waals surface area contributed by atoms with Crippen molar-refractivity contribution in [2.45, 2.75) is 56.8 Å². The lowest BCUT2D eigenvalue weighted by molar-refractivity contribution is -0.0341. The first-order valence-corrected chi connectivity index (χ1v) is 15.0. The molecule has 2 fully saturated rings. The van der Waals surface area contributed by atoms with Gasteiger partial charge in [0.1, 0.15) is 18.1 Å². The van der Waals surface area contributed by atoms with Gasteiger partial charge in [0.2, 0.25) is 0 Å². The van der Waals surface area contributed by atoms with Gasteiger partial charge in [-0.05, 0) is 67.6 Å². The van der Waals surface area contributed by atoms with Crippen LogP contribution in [0.25, 0.3) is 0 Å². The highest BCUT2D eigenvalue weighted by Gasteiger charge is 2.27. The van der Waals surface area contributed by atoms with Crippen LogP contribution >= 0.6 is 0 Å². The average molecular weight is 555 g/mol. The van der Waals surface area contributed by atoms with Gasteiger partial charge in [-0.3, -0.25) is 0 Å². The van der Waals surface area contributed by atoms with Crippen molar-refractivity contribution >= 4 is 5.69 Å². The molecule has 2 aromatic carbocycles. The number of fused-ring (bicyclic) bond motifs is 1. The summed E-state index contributed by atoms with van der Waals surface area (Å²) in [6.45, 7) is 8.83. The Balaban J connectivity index is 1.10. The lowest BCUT2D eigenvalue weighted by atomic mass is 9.87. The van der Waals surface area contributed by atoms with Crippen molar-refractivity contribution in [3.63, 3.8) is 0 Å². The summed E-state index contributed by atoms with van der Waals surface area (Å²) >= 11 is 0. The van der Waals surface area contributed by atoms with Crippen LogP contribution in [0, 0.1) is 0 Å². The van der Waals surface area contributed by atoms with E-state index in [2.05, 4.69) is 52.7 Å². The van der Waals surface area contributed by atoms with E-state index < -0.39 is 0 Å². The number of nitrogens with one attached hydrogen (secondary N) is 1. The highest BCUT2D eigenvalue weighted by molar-refractivity contribution is 5.61. The smallest absolute Gasteiger partial charge is 0.142 e. The number of hydrogen-bond acceptors (Lipinski definition) is 8. The van der Waals surface area contributed by atoms with Gasteiger partial charge >= 0.3 is 0 Å². The molecule has 40 heavy (non-hydrogen) atoms. The fourth-order valence-corrected chi connectivity index (χ4v) is 5.78. The number of ether oxygens (including phenoxy) is 6. The summed E-state index contributed by atoms with van der Waals surface area (Å²) in [6.07, 6.45) is 5.41. The van der Waals surface area contributed by atoms with E-state index in [0.29, 0.717) is 25.2 Å². The van der Waals surface area contributed by atoms with E-state index in [4.69, 9.17) is 28.4 Å². The molecule has 2 saturated heterocycles. The van der Waals surface area contributed by atoms with Gasteiger partial charge in [0.25, 0.3) is 0 Å². The van der Waals surface area contributed by atoms with E-state index in [1.165, 1.54) is 11.1 Å². The third kappa shape index (κ3) is 8.33. The predicted molar refractivity (Wildman–Crippen MR) is 156 cm³/mol. The number of rotatable bonds is 14. The number of methoxy groups -OCH3 is 1. The van der Waals surface area contributed by atoms with E-state index >= 15 is 0 Å². The molecule has 8 nitrogen and oxygen atoms in total. The third-order valence-electron chi connectivity index (χ3n) is 8.04. The molecule has 0 spiro atoms. The fraction of sp³-hybridized carbons (Fsp3) is 0.625. The quantitative estimate of drug-likeness (QED) is 0.341. The topological polar surface area (TPSA) is 70.7 Å². The minimum Gasteiger partial charge on any atom is -0.494 e. The molecule has 3 aliphatic heterocycles. The van der Waals surface area contributed by atoms with Gasteiger partial charge in [-0.25, -0.2) is 0 Å². The van der Waals surface area contributed by atoms with Crippen LogP contribution in [0.1, 0.15) is 49.1 Å². The maximum atomic E-state index is 6.54. The molecule has 3 aliphatic rings. The Morgan fingerprint density at radius 2 is 1.80 bits per heavy atom. The first-order chi connectivity index (χ1) is 19.8. The lowest BCUT2D eigenvalue weighted by Gasteiger charge is -2.33. The molecule has 0 saturated carbocycles. The van der Waals surface area contributed by atoms with Gasteiger partial charge in [-0.1, -0.05) is 18.2 Å². The molecule has 0 amide bonds. The maximum absolute atomic E-state index is 6.54. The Morgan fingerprint density at radius 1 is 0.925 bits per heavy atom. The standard InChI is InChI=1S/C32H46N2O6/c1-35-16-2-14-34-15-21-39-31-9-4-25(22-30(31)34)24-40-32-23-33-13-10-29(32)26-5-7-27(8-6-26)37-17-3-18-38-28-11-19-36-20-12-28/h4-9,22,28-29,32-33H,2-3,10-21,23-24H2,1H3/t29-,32+/m1/s1. The summed E-state index contributed by atoms with van der Waals surface area (Å²) in [5.41, 5.74) is 3.65. The van der Waals surface area contributed by atoms with Crippen LogP contribution in [0.5, 0.6) is 11.5 Å². The zero-order valence-electron chi connectivity index (χ0n) is 24.0. The van der Waals surface area contributed by atoms with Gasteiger partial charge in [0, 0.05) is 52.4 Å². The summed E-state index contributed by atoms with van der Waals surface area (Å²) in [5.74, 6) is 2.22. The van der Waals surface area contributed by atoms with Crippen molar-refractivity contribution in [3.05, 3.63) is 53.6 Å². The molecule has 0 aliphatic carbocycles. The largest absolute Gasteiger partial charge is 0.494 e. The van der Waals surface area contributed by atoms with Crippen molar-refractivity contribution < 1.29 is 28.4 Å². The number of hydrogen-bond donors (Lipinski definition) is 1. The molecule has 8 heteroatoms. The van der Waals surface area contributed by atoms with Crippen molar-refractivity contribution in [3.8, 4) is 11.5 Å². The summed E-state index contributed by atoms with van der Waals surface area (Å²) in [4.78, 5) is 2.40. The minimum atomic E-state index is 0.118. The van der Waals surface area contributed by atoms with E-state index in [1.807, 2.05) is 0 Å². The molecule has 220 valence electrons. The molecule has 5 rings (SSSR count). The zero-order chi connectivity index (χ0) is 27.4. The summed E-state index contributed by atoms with van der Waals surface area (Å²) in [6, 6.07) is 15.0. The Labute approximate surface area is 239 Å². The maximum Gasteiger partial charge on any atom is 0.142 e. The van der Waals surface area contributed by atoms with Crippen molar-refractivity contribution in [1.29, 1.82) is 0 Å². The van der Waals surface area contributed by atoms with Crippen molar-refractivity contribution in [2.24, 2.45) is 0 Å². The third-order valence-corrected chi connectivity index (χ3v) is 8.04. The van der Waals surface area contributed by atoms with Gasteiger partial charge in [-0.2, -0.15) is 0 Å². The normalized spacial score (nSPS) is 21.6. The molecular weight excluding hydrogens is 508 g/mol.